The van der Waals surface area contributed by atoms with Crippen LogP contribution in [-0.4, -0.2) is 62.2 Å². The predicted octanol–water partition coefficient (Wildman–Crippen LogP) is 1.79. The Kier molecular flexibility index (Phi) is 4.01. The summed E-state index contributed by atoms with van der Waals surface area (Å²) in [4.78, 5) is 33.2. The first-order chi connectivity index (χ1) is 11.7. The van der Waals surface area contributed by atoms with Gasteiger partial charge >= 0.3 is 18.2 Å². The summed E-state index contributed by atoms with van der Waals surface area (Å²) in [6.07, 6.45) is -2.68. The third-order valence-electron chi connectivity index (χ3n) is 3.87. The first-order valence-corrected chi connectivity index (χ1v) is 7.44. The molecule has 0 spiro atoms. The van der Waals surface area contributed by atoms with Crippen LogP contribution in [0.2, 0.25) is 0 Å². The van der Waals surface area contributed by atoms with Crippen LogP contribution in [0.15, 0.2) is 12.4 Å². The van der Waals surface area contributed by atoms with Gasteiger partial charge in [-0.2, -0.15) is 13.2 Å². The van der Waals surface area contributed by atoms with Crippen molar-refractivity contribution in [2.45, 2.75) is 19.5 Å². The van der Waals surface area contributed by atoms with Gasteiger partial charge in [0.25, 0.3) is 0 Å². The smallest absolute Gasteiger partial charge is 0.406 e. The number of alkyl halides is 3. The van der Waals surface area contributed by atoms with Gasteiger partial charge in [0.2, 0.25) is 0 Å². The van der Waals surface area contributed by atoms with Gasteiger partial charge in [0.1, 0.15) is 18.7 Å². The number of nitrogens with zero attached hydrogens (tertiary/aromatic N) is 5. The van der Waals surface area contributed by atoms with E-state index in [1.807, 2.05) is 6.92 Å². The van der Waals surface area contributed by atoms with Crippen LogP contribution >= 0.6 is 0 Å². The van der Waals surface area contributed by atoms with E-state index in [1.165, 1.54) is 10.7 Å². The minimum absolute atomic E-state index is 0.0395. The highest BCUT2D eigenvalue weighted by atomic mass is 19.4. The van der Waals surface area contributed by atoms with Crippen molar-refractivity contribution in [3.05, 3.63) is 23.8 Å². The molecule has 1 aliphatic rings. The van der Waals surface area contributed by atoms with Gasteiger partial charge in [-0.1, -0.05) is 6.92 Å². The second-order valence-corrected chi connectivity index (χ2v) is 5.52. The van der Waals surface area contributed by atoms with Crippen LogP contribution in [0.4, 0.5) is 23.8 Å². The Bertz CT molecular complexity index is 848. The fraction of sp³-hybridized carbons (Fsp3) is 0.429. The third kappa shape index (κ3) is 3.08. The molecule has 2 aromatic rings. The van der Waals surface area contributed by atoms with Crippen LogP contribution in [0.5, 0.6) is 0 Å². The summed E-state index contributed by atoms with van der Waals surface area (Å²) in [6, 6.07) is 0.739. The van der Waals surface area contributed by atoms with E-state index in [0.29, 0.717) is 17.0 Å². The Morgan fingerprint density at radius 1 is 1.36 bits per heavy atom. The number of amides is 2. The Morgan fingerprint density at radius 3 is 2.68 bits per heavy atom. The van der Waals surface area contributed by atoms with Gasteiger partial charge in [0.05, 0.1) is 0 Å². The zero-order valence-electron chi connectivity index (χ0n) is 13.1. The minimum Gasteiger partial charge on any atom is -0.476 e. The van der Waals surface area contributed by atoms with E-state index in [0.717, 1.165) is 4.90 Å². The van der Waals surface area contributed by atoms with Crippen molar-refractivity contribution < 1.29 is 27.9 Å². The molecule has 2 amide bonds. The SMILES string of the molecule is CCc1cc(N2CCN(CC(F)(F)F)C2=O)nc2c(C(=O)O)ncn12. The molecule has 1 aliphatic heterocycles. The molecule has 3 heterocycles. The number of carbonyl (C=O) groups is 2. The van der Waals surface area contributed by atoms with Crippen LogP contribution in [0.25, 0.3) is 5.65 Å². The highest BCUT2D eigenvalue weighted by Crippen LogP contribution is 2.25. The van der Waals surface area contributed by atoms with Crippen molar-refractivity contribution in [1.29, 1.82) is 0 Å². The second kappa shape index (κ2) is 5.90. The van der Waals surface area contributed by atoms with E-state index >= 15 is 0 Å². The molecular weight excluding hydrogens is 343 g/mol. The van der Waals surface area contributed by atoms with Crippen LogP contribution in [0, 0.1) is 0 Å². The van der Waals surface area contributed by atoms with Crippen LogP contribution in [0.3, 0.4) is 0 Å². The standard InChI is InChI=1S/C14H14F3N5O3/c1-2-8-5-9(19-11-10(12(23)24)18-7-22(8)11)21-4-3-20(13(21)25)6-14(15,16)17/h5,7H,2-4,6H2,1H3,(H,23,24). The van der Waals surface area contributed by atoms with Crippen molar-refractivity contribution in [2.24, 2.45) is 0 Å². The molecule has 8 nitrogen and oxygen atoms in total. The fourth-order valence-corrected chi connectivity index (χ4v) is 2.74. The van der Waals surface area contributed by atoms with Crippen molar-refractivity contribution in [3.63, 3.8) is 0 Å². The molecule has 1 N–H and O–H groups in total. The van der Waals surface area contributed by atoms with Gasteiger partial charge in [-0.25, -0.2) is 19.6 Å². The van der Waals surface area contributed by atoms with Gasteiger partial charge in [-0.05, 0) is 6.42 Å². The largest absolute Gasteiger partial charge is 0.476 e. The average molecular weight is 357 g/mol. The lowest BCUT2D eigenvalue weighted by molar-refractivity contribution is -0.138. The Hall–Kier alpha value is -2.85. The number of carboxylic acids is 1. The maximum Gasteiger partial charge on any atom is 0.406 e. The van der Waals surface area contributed by atoms with E-state index in [2.05, 4.69) is 9.97 Å². The second-order valence-electron chi connectivity index (χ2n) is 5.52. The first kappa shape index (κ1) is 17.0. The molecule has 3 rings (SSSR count). The monoisotopic (exact) mass is 357 g/mol. The first-order valence-electron chi connectivity index (χ1n) is 7.44. The number of aryl methyl sites for hydroxylation is 1. The van der Waals surface area contributed by atoms with Crippen molar-refractivity contribution in [2.75, 3.05) is 24.5 Å². The predicted molar refractivity (Wildman–Crippen MR) is 79.7 cm³/mol. The lowest BCUT2D eigenvalue weighted by Crippen LogP contribution is -2.38. The summed E-state index contributed by atoms with van der Waals surface area (Å²) >= 11 is 0. The van der Waals surface area contributed by atoms with E-state index in [4.69, 9.17) is 0 Å². The molecule has 1 saturated heterocycles. The number of anilines is 1. The van der Waals surface area contributed by atoms with Crippen LogP contribution in [0.1, 0.15) is 23.1 Å². The average Bonchev–Trinajstić information content (AvgIpc) is 3.09. The molecule has 0 aromatic carbocycles. The van der Waals surface area contributed by atoms with Gasteiger partial charge in [-0.3, -0.25) is 9.30 Å². The Morgan fingerprint density at radius 2 is 2.08 bits per heavy atom. The summed E-state index contributed by atoms with van der Waals surface area (Å²) < 4.78 is 39.1. The van der Waals surface area contributed by atoms with Gasteiger partial charge < -0.3 is 10.0 Å². The fourth-order valence-electron chi connectivity index (χ4n) is 2.74. The normalized spacial score (nSPS) is 15.4. The number of rotatable bonds is 4. The topological polar surface area (TPSA) is 91.0 Å². The summed E-state index contributed by atoms with van der Waals surface area (Å²) in [5, 5.41) is 9.18. The highest BCUT2D eigenvalue weighted by Gasteiger charge is 2.39. The van der Waals surface area contributed by atoms with Gasteiger partial charge in [-0.15, -0.1) is 0 Å². The number of urea groups is 1. The third-order valence-corrected chi connectivity index (χ3v) is 3.87. The summed E-state index contributed by atoms with van der Waals surface area (Å²) in [6.45, 7) is 0.439. The number of imidazole rings is 1. The van der Waals surface area contributed by atoms with E-state index in [-0.39, 0.29) is 30.2 Å². The quantitative estimate of drug-likeness (QED) is 0.901. The van der Waals surface area contributed by atoms with Gasteiger partial charge in [0, 0.05) is 24.8 Å². The molecule has 0 radical (unpaired) electrons. The lowest BCUT2D eigenvalue weighted by atomic mass is 10.3. The highest BCUT2D eigenvalue weighted by molar-refractivity contribution is 5.95. The van der Waals surface area contributed by atoms with Crippen molar-refractivity contribution in [1.82, 2.24) is 19.3 Å². The molecule has 0 unspecified atom stereocenters. The summed E-state index contributed by atoms with van der Waals surface area (Å²) in [7, 11) is 0. The van der Waals surface area contributed by atoms with Gasteiger partial charge in [0.15, 0.2) is 11.3 Å². The number of hydrogen-bond donors (Lipinski definition) is 1. The maximum absolute atomic E-state index is 12.5. The van der Waals surface area contributed by atoms with Crippen LogP contribution in [-0.2, 0) is 6.42 Å². The number of aromatic nitrogens is 3. The van der Waals surface area contributed by atoms with Crippen molar-refractivity contribution in [3.8, 4) is 0 Å². The zero-order valence-corrected chi connectivity index (χ0v) is 13.1. The Labute approximate surface area is 139 Å². The molecule has 0 atom stereocenters. The number of fused-ring (bicyclic) bond motifs is 1. The molecule has 1 fully saturated rings. The molecule has 2 aromatic heterocycles. The zero-order chi connectivity index (χ0) is 18.4. The molecule has 0 bridgehead atoms. The van der Waals surface area contributed by atoms with E-state index < -0.39 is 24.7 Å². The summed E-state index contributed by atoms with van der Waals surface area (Å²) in [5.41, 5.74) is 0.404. The van der Waals surface area contributed by atoms with E-state index in [9.17, 15) is 27.9 Å². The molecule has 11 heteroatoms. The lowest BCUT2D eigenvalue weighted by Gasteiger charge is -2.20. The molecule has 0 aliphatic carbocycles. The number of hydrogen-bond acceptors (Lipinski definition) is 4. The molecule has 134 valence electrons. The molecular formula is C14H14F3N5O3. The number of halogens is 3. The van der Waals surface area contributed by atoms with Crippen molar-refractivity contribution >= 4 is 23.5 Å². The maximum atomic E-state index is 12.5. The van der Waals surface area contributed by atoms with E-state index in [1.54, 1.807) is 6.07 Å². The number of carboxylic acid groups (broad SMARTS) is 1. The number of carbonyl (C=O) groups excluding carboxylic acids is 1. The summed E-state index contributed by atoms with van der Waals surface area (Å²) in [5.74, 6) is -1.16. The number of aromatic carboxylic acids is 1. The molecule has 25 heavy (non-hydrogen) atoms. The Balaban J connectivity index is 2.00. The minimum atomic E-state index is -4.49. The molecule has 0 saturated carbocycles. The van der Waals surface area contributed by atoms with Crippen LogP contribution < -0.4 is 4.90 Å².